The van der Waals surface area contributed by atoms with Gasteiger partial charge in [-0.2, -0.15) is 0 Å². The second kappa shape index (κ2) is 8.33. The summed E-state index contributed by atoms with van der Waals surface area (Å²) in [6.45, 7) is -0.109. The van der Waals surface area contributed by atoms with Crippen LogP contribution in [0.5, 0.6) is 5.75 Å². The minimum Gasteiger partial charge on any atom is -0.484 e. The van der Waals surface area contributed by atoms with E-state index in [0.717, 1.165) is 25.7 Å². The van der Waals surface area contributed by atoms with E-state index in [2.05, 4.69) is 10.6 Å². The molecule has 2 amide bonds. The molecule has 2 aromatic rings. The van der Waals surface area contributed by atoms with E-state index in [1.807, 2.05) is 18.2 Å². The molecule has 130 valence electrons. The zero-order valence-corrected chi connectivity index (χ0v) is 14.0. The number of ether oxygens (including phenoxy) is 1. The summed E-state index contributed by atoms with van der Waals surface area (Å²) in [6.07, 6.45) is 4.34. The molecular formula is C20H22N2O3. The number of anilines is 1. The fourth-order valence-corrected chi connectivity index (χ4v) is 2.98. The highest BCUT2D eigenvalue weighted by Gasteiger charge is 2.20. The van der Waals surface area contributed by atoms with E-state index in [1.54, 1.807) is 36.4 Å². The van der Waals surface area contributed by atoms with Gasteiger partial charge in [-0.15, -0.1) is 0 Å². The molecule has 0 atom stereocenters. The number of carbonyl (C=O) groups excluding carboxylic acids is 2. The molecule has 0 aromatic heterocycles. The summed E-state index contributed by atoms with van der Waals surface area (Å²) in [5, 5.41) is 5.81. The van der Waals surface area contributed by atoms with Gasteiger partial charge in [0.1, 0.15) is 5.75 Å². The summed E-state index contributed by atoms with van der Waals surface area (Å²) in [4.78, 5) is 24.6. The molecule has 25 heavy (non-hydrogen) atoms. The van der Waals surface area contributed by atoms with E-state index in [0.29, 0.717) is 17.0 Å². The van der Waals surface area contributed by atoms with Crippen LogP contribution in [0.3, 0.4) is 0 Å². The van der Waals surface area contributed by atoms with Crippen LogP contribution in [0, 0.1) is 0 Å². The van der Waals surface area contributed by atoms with Crippen LogP contribution in [0.25, 0.3) is 0 Å². The van der Waals surface area contributed by atoms with Crippen molar-refractivity contribution < 1.29 is 14.3 Å². The number of para-hydroxylation sites is 2. The largest absolute Gasteiger partial charge is 0.484 e. The van der Waals surface area contributed by atoms with E-state index in [-0.39, 0.29) is 24.5 Å². The maximum absolute atomic E-state index is 12.5. The molecule has 2 N–H and O–H groups in total. The van der Waals surface area contributed by atoms with Crippen molar-refractivity contribution in [1.29, 1.82) is 0 Å². The van der Waals surface area contributed by atoms with Gasteiger partial charge in [-0.3, -0.25) is 9.59 Å². The maximum atomic E-state index is 12.5. The predicted octanol–water partition coefficient (Wildman–Crippen LogP) is 3.38. The standard InChI is InChI=1S/C20H22N2O3/c23-19(14-25-16-10-2-1-3-11-16)22-18-13-7-6-12-17(18)20(24)21-15-8-4-5-9-15/h1-3,6-7,10-13,15H,4-5,8-9,14H2,(H,21,24)(H,22,23). The molecule has 5 nitrogen and oxygen atoms in total. The van der Waals surface area contributed by atoms with Crippen LogP contribution in [0.15, 0.2) is 54.6 Å². The fraction of sp³-hybridized carbons (Fsp3) is 0.300. The van der Waals surface area contributed by atoms with Gasteiger partial charge in [-0.25, -0.2) is 0 Å². The van der Waals surface area contributed by atoms with Crippen LogP contribution < -0.4 is 15.4 Å². The number of nitrogens with one attached hydrogen (secondary N) is 2. The molecule has 0 radical (unpaired) electrons. The van der Waals surface area contributed by atoms with E-state index in [1.165, 1.54) is 0 Å². The number of rotatable bonds is 6. The Bertz CT molecular complexity index is 725. The summed E-state index contributed by atoms with van der Waals surface area (Å²) in [5.41, 5.74) is 0.974. The lowest BCUT2D eigenvalue weighted by Crippen LogP contribution is -2.33. The molecule has 1 aliphatic rings. The second-order valence-electron chi connectivity index (χ2n) is 6.15. The van der Waals surface area contributed by atoms with Crippen molar-refractivity contribution in [3.63, 3.8) is 0 Å². The summed E-state index contributed by atoms with van der Waals surface area (Å²) >= 11 is 0. The minimum atomic E-state index is -0.301. The lowest BCUT2D eigenvalue weighted by molar-refractivity contribution is -0.118. The van der Waals surface area contributed by atoms with Crippen LogP contribution in [0.1, 0.15) is 36.0 Å². The van der Waals surface area contributed by atoms with Crippen molar-refractivity contribution in [3.05, 3.63) is 60.2 Å². The molecule has 1 saturated carbocycles. The van der Waals surface area contributed by atoms with E-state index in [4.69, 9.17) is 4.74 Å². The molecule has 1 aliphatic carbocycles. The molecular weight excluding hydrogens is 316 g/mol. The maximum Gasteiger partial charge on any atom is 0.262 e. The third kappa shape index (κ3) is 4.83. The molecule has 0 bridgehead atoms. The highest BCUT2D eigenvalue weighted by atomic mass is 16.5. The Kier molecular flexibility index (Phi) is 5.67. The molecule has 2 aromatic carbocycles. The van der Waals surface area contributed by atoms with Gasteiger partial charge in [0.2, 0.25) is 0 Å². The van der Waals surface area contributed by atoms with Gasteiger partial charge in [0.15, 0.2) is 6.61 Å². The third-order valence-corrected chi connectivity index (χ3v) is 4.25. The lowest BCUT2D eigenvalue weighted by atomic mass is 10.1. The van der Waals surface area contributed by atoms with Crippen LogP contribution in [0.2, 0.25) is 0 Å². The number of hydrogen-bond acceptors (Lipinski definition) is 3. The molecule has 0 saturated heterocycles. The van der Waals surface area contributed by atoms with Gasteiger partial charge in [0.05, 0.1) is 11.3 Å². The Balaban J connectivity index is 1.59. The van der Waals surface area contributed by atoms with Crippen molar-refractivity contribution in [2.24, 2.45) is 0 Å². The smallest absolute Gasteiger partial charge is 0.262 e. The zero-order valence-electron chi connectivity index (χ0n) is 14.0. The van der Waals surface area contributed by atoms with Gasteiger partial charge >= 0.3 is 0 Å². The quantitative estimate of drug-likeness (QED) is 0.848. The number of benzene rings is 2. The highest BCUT2D eigenvalue weighted by molar-refractivity contribution is 6.04. The monoisotopic (exact) mass is 338 g/mol. The Morgan fingerprint density at radius 2 is 1.64 bits per heavy atom. The lowest BCUT2D eigenvalue weighted by Gasteiger charge is -2.15. The topological polar surface area (TPSA) is 67.4 Å². The van der Waals surface area contributed by atoms with Crippen molar-refractivity contribution >= 4 is 17.5 Å². The number of amides is 2. The summed E-state index contributed by atoms with van der Waals surface area (Å²) in [6, 6.07) is 16.4. The van der Waals surface area contributed by atoms with Gasteiger partial charge < -0.3 is 15.4 Å². The Morgan fingerprint density at radius 3 is 2.40 bits per heavy atom. The van der Waals surface area contributed by atoms with Crippen LogP contribution in [0.4, 0.5) is 5.69 Å². The summed E-state index contributed by atoms with van der Waals surface area (Å²) < 4.78 is 5.44. The van der Waals surface area contributed by atoms with Gasteiger partial charge in [-0.05, 0) is 37.1 Å². The average molecular weight is 338 g/mol. The van der Waals surface area contributed by atoms with Crippen molar-refractivity contribution in [2.75, 3.05) is 11.9 Å². The summed E-state index contributed by atoms with van der Waals surface area (Å²) in [7, 11) is 0. The first-order valence-electron chi connectivity index (χ1n) is 8.60. The predicted molar refractivity (Wildman–Crippen MR) is 96.7 cm³/mol. The first kappa shape index (κ1) is 17.0. The van der Waals surface area contributed by atoms with Crippen molar-refractivity contribution in [1.82, 2.24) is 5.32 Å². The molecule has 3 rings (SSSR count). The molecule has 0 heterocycles. The Morgan fingerprint density at radius 1 is 0.960 bits per heavy atom. The van der Waals surface area contributed by atoms with Crippen LogP contribution in [-0.4, -0.2) is 24.5 Å². The first-order chi connectivity index (χ1) is 12.2. The molecule has 5 heteroatoms. The molecule has 0 unspecified atom stereocenters. The number of carbonyl (C=O) groups is 2. The van der Waals surface area contributed by atoms with Gasteiger partial charge in [0.25, 0.3) is 11.8 Å². The zero-order chi connectivity index (χ0) is 17.5. The van der Waals surface area contributed by atoms with Gasteiger partial charge in [0, 0.05) is 6.04 Å². The van der Waals surface area contributed by atoms with Crippen molar-refractivity contribution in [3.8, 4) is 5.75 Å². The second-order valence-corrected chi connectivity index (χ2v) is 6.15. The van der Waals surface area contributed by atoms with Crippen LogP contribution in [-0.2, 0) is 4.79 Å². The molecule has 1 fully saturated rings. The van der Waals surface area contributed by atoms with Crippen molar-refractivity contribution in [2.45, 2.75) is 31.7 Å². The molecule has 0 spiro atoms. The van der Waals surface area contributed by atoms with E-state index in [9.17, 15) is 9.59 Å². The van der Waals surface area contributed by atoms with E-state index < -0.39 is 0 Å². The summed E-state index contributed by atoms with van der Waals surface area (Å²) in [5.74, 6) is 0.182. The SMILES string of the molecule is O=C(COc1ccccc1)Nc1ccccc1C(=O)NC1CCCC1. The fourth-order valence-electron chi connectivity index (χ4n) is 2.98. The number of hydrogen-bond donors (Lipinski definition) is 2. The Hall–Kier alpha value is -2.82. The normalized spacial score (nSPS) is 14.1. The molecule has 0 aliphatic heterocycles. The third-order valence-electron chi connectivity index (χ3n) is 4.25. The average Bonchev–Trinajstić information content (AvgIpc) is 3.14. The van der Waals surface area contributed by atoms with Gasteiger partial charge in [-0.1, -0.05) is 43.2 Å². The highest BCUT2D eigenvalue weighted by Crippen LogP contribution is 2.20. The first-order valence-corrected chi connectivity index (χ1v) is 8.60. The Labute approximate surface area is 147 Å². The van der Waals surface area contributed by atoms with E-state index >= 15 is 0 Å². The van der Waals surface area contributed by atoms with Crippen LogP contribution >= 0.6 is 0 Å². The minimum absolute atomic E-state index is 0.109.